The molecule has 4 bridgehead atoms. The lowest BCUT2D eigenvalue weighted by molar-refractivity contribution is -0.230. The molecule has 9 N–H and O–H groups in total. The summed E-state index contributed by atoms with van der Waals surface area (Å²) in [5.41, 5.74) is -5.30. The van der Waals surface area contributed by atoms with Gasteiger partial charge >= 0.3 is 18.3 Å². The molecule has 2 aromatic rings. The van der Waals surface area contributed by atoms with E-state index < -0.39 is 96.0 Å². The predicted octanol–water partition coefficient (Wildman–Crippen LogP) is -1.29. The lowest BCUT2D eigenvalue weighted by Crippen LogP contribution is -2.64. The number of rotatable bonds is 46. The molecule has 0 saturated carbocycles. The summed E-state index contributed by atoms with van der Waals surface area (Å²) in [7, 11) is 0. The molecule has 2 aromatic heterocycles. The molecule has 4 aliphatic heterocycles. The average Bonchev–Trinajstić information content (AvgIpc) is 1.69. The fraction of sp³-hybridized carbons (Fsp3) is 0.788. The summed E-state index contributed by atoms with van der Waals surface area (Å²) in [6.45, 7) is 2.77. The molecular formula is C52H78F6N8O22. The molecule has 500 valence electrons. The van der Waals surface area contributed by atoms with Crippen molar-refractivity contribution in [3.05, 3.63) is 36.2 Å². The largest absolute Gasteiger partial charge is 0.480 e. The van der Waals surface area contributed by atoms with Crippen LogP contribution in [-0.4, -0.2) is 288 Å². The number of aliphatic carboxylic acids is 1. The molecule has 1 unspecified atom stereocenters. The van der Waals surface area contributed by atoms with Crippen molar-refractivity contribution in [2.24, 2.45) is 0 Å². The average molecular weight is 1280 g/mol. The summed E-state index contributed by atoms with van der Waals surface area (Å²) in [6.07, 6.45) is -13.6. The first kappa shape index (κ1) is 72.3. The topological polar surface area (TPSA) is 381 Å². The quantitative estimate of drug-likeness (QED) is 0.0275. The highest BCUT2D eigenvalue weighted by Crippen LogP contribution is 2.40. The van der Waals surface area contributed by atoms with E-state index in [1.807, 2.05) is 0 Å². The number of carboxylic acid groups (broad SMARTS) is 1. The molecule has 6 rings (SSSR count). The van der Waals surface area contributed by atoms with Crippen LogP contribution in [0, 0.1) is 0 Å². The van der Waals surface area contributed by atoms with Crippen LogP contribution in [0.4, 0.5) is 38.0 Å². The van der Waals surface area contributed by atoms with Crippen molar-refractivity contribution in [3.63, 3.8) is 0 Å². The Kier molecular flexibility index (Phi) is 30.3. The Balaban J connectivity index is 0.670. The lowest BCUT2D eigenvalue weighted by atomic mass is 9.88. The van der Waals surface area contributed by atoms with Gasteiger partial charge in [-0.15, -0.1) is 0 Å². The van der Waals surface area contributed by atoms with Gasteiger partial charge < -0.3 is 108 Å². The second kappa shape index (κ2) is 36.9. The van der Waals surface area contributed by atoms with Crippen LogP contribution in [0.15, 0.2) is 24.8 Å². The van der Waals surface area contributed by atoms with Crippen LogP contribution in [0.5, 0.6) is 0 Å². The van der Waals surface area contributed by atoms with Crippen molar-refractivity contribution in [3.8, 4) is 0 Å². The first-order chi connectivity index (χ1) is 42.2. The van der Waals surface area contributed by atoms with Gasteiger partial charge in [-0.1, -0.05) is 0 Å². The van der Waals surface area contributed by atoms with Gasteiger partial charge in [0.15, 0.2) is 24.0 Å². The van der Waals surface area contributed by atoms with E-state index in [-0.39, 0.29) is 188 Å². The SMILES string of the molecule is O=C(O)CNC(COCCC(=O)CCCOCCOCCOCCOC[C@@]12CO[C@@H](O1)[C@H](Nc1cncc(C(F)(F)F)n1)[C@@H](O)[C@H]2O)COCCC(=O)NCCOCCOCCOCCOC[C@@]12CO[C@@H](O1)[C@H](Nc1cncc(C(F)(F)F)n1)[C@@H](O)[C@H]2O. The molecule has 0 aromatic carbocycles. The van der Waals surface area contributed by atoms with Gasteiger partial charge in [0, 0.05) is 32.4 Å². The minimum absolute atomic E-state index is 0.0396. The van der Waals surface area contributed by atoms with E-state index in [0.717, 1.165) is 12.4 Å². The predicted molar refractivity (Wildman–Crippen MR) is 284 cm³/mol. The number of amides is 1. The Morgan fingerprint density at radius 1 is 0.557 bits per heavy atom. The third kappa shape index (κ3) is 23.8. The normalized spacial score (nSPS) is 25.4. The minimum Gasteiger partial charge on any atom is -0.480 e. The molecule has 36 heteroatoms. The molecule has 4 fully saturated rings. The number of alkyl halides is 6. The highest BCUT2D eigenvalue weighted by molar-refractivity contribution is 5.78. The van der Waals surface area contributed by atoms with Crippen LogP contribution in [0.1, 0.15) is 37.1 Å². The first-order valence-corrected chi connectivity index (χ1v) is 28.3. The van der Waals surface area contributed by atoms with Crippen LogP contribution in [-0.2, 0) is 93.1 Å². The highest BCUT2D eigenvalue weighted by atomic mass is 19.4. The number of carbonyl (C=O) groups is 3. The maximum absolute atomic E-state index is 13.1. The fourth-order valence-electron chi connectivity index (χ4n) is 9.02. The van der Waals surface area contributed by atoms with Crippen molar-refractivity contribution in [1.82, 2.24) is 30.6 Å². The standard InChI is InChI=1S/C52H78F6N8O22/c53-51(54,55)35-22-59-24-37(63-35)65-41-43(71)45(73)49(31-85-47(41)87-49)29-83-20-18-79-16-14-77-12-10-75-6-1-2-34(67)3-7-81-27-33(62-26-40(69)70)28-82-8-4-39(68)61-5-9-76-11-13-78-15-17-80-19-21-84-30-50-32-86-48(88-50)42(44(72)46(50)74)66-38-25-60-23-36(64-38)52(56,57)58/h22-25,33,41-48,62,71-74H,1-21,26-32H2,(H,61,68)(H,63,65)(H,64,66)(H,69,70)/t33?,41-,42-,43-,44-,45-,46-,47+,48+,49+,50+/m1/s1. The van der Waals surface area contributed by atoms with E-state index in [9.17, 15) is 61.2 Å². The molecule has 4 aliphatic rings. The molecule has 0 radical (unpaired) electrons. The van der Waals surface area contributed by atoms with Crippen LogP contribution >= 0.6 is 0 Å². The molecule has 4 saturated heterocycles. The number of nitrogens with one attached hydrogen (secondary N) is 4. The lowest BCUT2D eigenvalue weighted by Gasteiger charge is -2.42. The molecule has 11 atom stereocenters. The Morgan fingerprint density at radius 3 is 1.42 bits per heavy atom. The van der Waals surface area contributed by atoms with Crippen molar-refractivity contribution in [2.75, 3.05) is 169 Å². The molecule has 0 aliphatic carbocycles. The summed E-state index contributed by atoms with van der Waals surface area (Å²) >= 11 is 0. The summed E-state index contributed by atoms with van der Waals surface area (Å²) < 4.78 is 157. The third-order valence-corrected chi connectivity index (χ3v) is 13.6. The van der Waals surface area contributed by atoms with E-state index in [1.54, 1.807) is 0 Å². The van der Waals surface area contributed by atoms with Gasteiger partial charge in [-0.2, -0.15) is 26.3 Å². The van der Waals surface area contributed by atoms with Gasteiger partial charge in [0.2, 0.25) is 5.91 Å². The van der Waals surface area contributed by atoms with Crippen molar-refractivity contribution in [2.45, 2.75) is 104 Å². The Bertz CT molecular complexity index is 2240. The number of halogens is 6. The second-order valence-electron chi connectivity index (χ2n) is 20.4. The van der Waals surface area contributed by atoms with Gasteiger partial charge in [-0.25, -0.2) is 9.97 Å². The Hall–Kier alpha value is -4.81. The fourth-order valence-corrected chi connectivity index (χ4v) is 9.02. The Morgan fingerprint density at radius 2 is 0.977 bits per heavy atom. The summed E-state index contributed by atoms with van der Waals surface area (Å²) in [6, 6.07) is -2.81. The maximum atomic E-state index is 13.1. The van der Waals surface area contributed by atoms with Crippen molar-refractivity contribution >= 4 is 29.3 Å². The van der Waals surface area contributed by atoms with Crippen LogP contribution in [0.3, 0.4) is 0 Å². The van der Waals surface area contributed by atoms with Gasteiger partial charge in [0.05, 0.1) is 176 Å². The summed E-state index contributed by atoms with van der Waals surface area (Å²) in [5, 5.41) is 63.1. The van der Waals surface area contributed by atoms with E-state index in [4.69, 9.17) is 71.4 Å². The van der Waals surface area contributed by atoms with E-state index in [1.165, 1.54) is 0 Å². The second-order valence-corrected chi connectivity index (χ2v) is 20.4. The number of nitrogens with zero attached hydrogens (tertiary/aromatic N) is 4. The van der Waals surface area contributed by atoms with Gasteiger partial charge in [-0.05, 0) is 6.42 Å². The number of carboxylic acids is 1. The molecular weight excluding hydrogens is 1200 g/mol. The summed E-state index contributed by atoms with van der Waals surface area (Å²) in [4.78, 5) is 49.8. The number of ether oxygens (including phenoxy) is 14. The summed E-state index contributed by atoms with van der Waals surface area (Å²) in [5.74, 6) is -1.99. The van der Waals surface area contributed by atoms with Crippen LogP contribution < -0.4 is 21.3 Å². The molecule has 0 spiro atoms. The van der Waals surface area contributed by atoms with Crippen LogP contribution in [0.25, 0.3) is 0 Å². The van der Waals surface area contributed by atoms with Crippen LogP contribution in [0.2, 0.25) is 0 Å². The van der Waals surface area contributed by atoms with E-state index >= 15 is 0 Å². The third-order valence-electron chi connectivity index (χ3n) is 13.6. The molecule has 1 amide bonds. The number of aliphatic hydroxyl groups is 4. The van der Waals surface area contributed by atoms with E-state index in [0.29, 0.717) is 32.0 Å². The number of fused-ring (bicyclic) bond motifs is 4. The maximum Gasteiger partial charge on any atom is 0.434 e. The van der Waals surface area contributed by atoms with Crippen molar-refractivity contribution in [1.29, 1.82) is 0 Å². The van der Waals surface area contributed by atoms with E-state index in [2.05, 4.69) is 41.2 Å². The van der Waals surface area contributed by atoms with Gasteiger partial charge in [0.1, 0.15) is 65.1 Å². The number of hydrogen-bond acceptors (Lipinski definition) is 28. The number of Topliss-reactive ketones (excluding diaryl/α,β-unsaturated/α-hetero) is 1. The zero-order valence-corrected chi connectivity index (χ0v) is 48.0. The zero-order valence-electron chi connectivity index (χ0n) is 48.0. The molecule has 88 heavy (non-hydrogen) atoms. The highest BCUT2D eigenvalue weighted by Gasteiger charge is 2.61. The number of carbonyl (C=O) groups excluding carboxylic acids is 2. The Labute approximate surface area is 501 Å². The number of ketones is 1. The number of aromatic nitrogens is 4. The zero-order chi connectivity index (χ0) is 63.4. The monoisotopic (exact) mass is 1280 g/mol. The molecule has 6 heterocycles. The van der Waals surface area contributed by atoms with Crippen molar-refractivity contribution < 1.29 is 133 Å². The van der Waals surface area contributed by atoms with Gasteiger partial charge in [0.25, 0.3) is 0 Å². The number of anilines is 2. The molecule has 30 nitrogen and oxygen atoms in total. The smallest absolute Gasteiger partial charge is 0.434 e. The first-order valence-electron chi connectivity index (χ1n) is 28.3. The minimum atomic E-state index is -4.73. The van der Waals surface area contributed by atoms with Gasteiger partial charge in [-0.3, -0.25) is 29.7 Å². The number of hydrogen-bond donors (Lipinski definition) is 9. The number of aliphatic hydroxyl groups excluding tert-OH is 4.